The van der Waals surface area contributed by atoms with Crippen LogP contribution < -0.4 is 5.56 Å². The lowest BCUT2D eigenvalue weighted by atomic mass is 9.99. The first kappa shape index (κ1) is 17.8. The van der Waals surface area contributed by atoms with E-state index in [2.05, 4.69) is 16.9 Å². The van der Waals surface area contributed by atoms with Crippen molar-refractivity contribution in [1.82, 2.24) is 14.7 Å². The van der Waals surface area contributed by atoms with Crippen LogP contribution >= 0.6 is 0 Å². The maximum atomic E-state index is 13.1. The Morgan fingerprint density at radius 2 is 1.84 bits per heavy atom. The van der Waals surface area contributed by atoms with E-state index in [1.807, 2.05) is 0 Å². The van der Waals surface area contributed by atoms with Gasteiger partial charge in [-0.15, -0.1) is 0 Å². The molecule has 1 aliphatic heterocycles. The zero-order valence-corrected chi connectivity index (χ0v) is 14.4. The van der Waals surface area contributed by atoms with Crippen molar-refractivity contribution < 1.29 is 9.50 Å². The zero-order chi connectivity index (χ0) is 17.8. The third kappa shape index (κ3) is 4.74. The summed E-state index contributed by atoms with van der Waals surface area (Å²) in [5, 5.41) is 14.7. The lowest BCUT2D eigenvalue weighted by Crippen LogP contribution is -2.41. The number of rotatable bonds is 5. The summed E-state index contributed by atoms with van der Waals surface area (Å²) in [5.41, 5.74) is 1.06. The lowest BCUT2D eigenvalue weighted by Gasteiger charge is -2.31. The number of nitrogens with zero attached hydrogens (tertiary/aromatic N) is 3. The molecule has 2 heterocycles. The van der Waals surface area contributed by atoms with Crippen molar-refractivity contribution in [1.29, 1.82) is 0 Å². The van der Waals surface area contributed by atoms with E-state index in [0.717, 1.165) is 37.4 Å². The Kier molecular flexibility index (Phi) is 5.60. The van der Waals surface area contributed by atoms with Gasteiger partial charge in [-0.05, 0) is 62.2 Å². The molecule has 0 bridgehead atoms. The second-order valence-electron chi connectivity index (χ2n) is 6.88. The highest BCUT2D eigenvalue weighted by atomic mass is 19.1. The standard InChI is InChI=1S/C19H24FN3O2/c1-14-8-10-22(11-9-14)12-17(24)13-23-19(25)7-6-18(21-23)15-2-4-16(20)5-3-15/h2-7,14,17,24H,8-13H2,1H3/t17-/m1/s1. The van der Waals surface area contributed by atoms with Gasteiger partial charge in [0.15, 0.2) is 0 Å². The van der Waals surface area contributed by atoms with Crippen LogP contribution in [0.15, 0.2) is 41.2 Å². The molecule has 5 nitrogen and oxygen atoms in total. The summed E-state index contributed by atoms with van der Waals surface area (Å²) in [6.07, 6.45) is 1.64. The summed E-state index contributed by atoms with van der Waals surface area (Å²) in [7, 11) is 0. The van der Waals surface area contributed by atoms with E-state index in [1.54, 1.807) is 18.2 Å². The van der Waals surface area contributed by atoms with Crippen LogP contribution in [0.1, 0.15) is 19.8 Å². The van der Waals surface area contributed by atoms with E-state index in [4.69, 9.17) is 0 Å². The average molecular weight is 345 g/mol. The number of halogens is 1. The Morgan fingerprint density at radius 3 is 2.52 bits per heavy atom. The van der Waals surface area contributed by atoms with Gasteiger partial charge in [-0.2, -0.15) is 5.10 Å². The van der Waals surface area contributed by atoms with Crippen molar-refractivity contribution in [2.75, 3.05) is 19.6 Å². The smallest absolute Gasteiger partial charge is 0.266 e. The Labute approximate surface area is 146 Å². The van der Waals surface area contributed by atoms with Crippen LogP contribution in [0.4, 0.5) is 4.39 Å². The minimum Gasteiger partial charge on any atom is -0.390 e. The number of aliphatic hydroxyl groups excluding tert-OH is 1. The summed E-state index contributed by atoms with van der Waals surface area (Å²) in [4.78, 5) is 14.3. The number of likely N-dealkylation sites (tertiary alicyclic amines) is 1. The first-order valence-electron chi connectivity index (χ1n) is 8.76. The molecular formula is C19H24FN3O2. The van der Waals surface area contributed by atoms with Gasteiger partial charge in [0.25, 0.3) is 5.56 Å². The Balaban J connectivity index is 1.68. The molecule has 0 radical (unpaired) electrons. The van der Waals surface area contributed by atoms with Crippen LogP contribution in [0.5, 0.6) is 0 Å². The summed E-state index contributed by atoms with van der Waals surface area (Å²) in [6.45, 7) is 4.91. The van der Waals surface area contributed by atoms with Crippen LogP contribution in [-0.2, 0) is 6.54 Å². The fourth-order valence-corrected chi connectivity index (χ4v) is 3.15. The van der Waals surface area contributed by atoms with Gasteiger partial charge >= 0.3 is 0 Å². The molecule has 1 fully saturated rings. The van der Waals surface area contributed by atoms with E-state index < -0.39 is 6.10 Å². The molecule has 2 aromatic rings. The van der Waals surface area contributed by atoms with Crippen LogP contribution in [-0.4, -0.2) is 45.5 Å². The van der Waals surface area contributed by atoms with E-state index in [1.165, 1.54) is 22.9 Å². The third-order valence-electron chi connectivity index (χ3n) is 4.74. The molecule has 0 amide bonds. The second-order valence-corrected chi connectivity index (χ2v) is 6.88. The molecule has 0 aliphatic carbocycles. The molecule has 1 aromatic heterocycles. The quantitative estimate of drug-likeness (QED) is 0.902. The normalized spacial score (nSPS) is 17.6. The van der Waals surface area contributed by atoms with Crippen LogP contribution in [0.25, 0.3) is 11.3 Å². The third-order valence-corrected chi connectivity index (χ3v) is 4.74. The molecule has 0 spiro atoms. The monoisotopic (exact) mass is 345 g/mol. The molecule has 3 rings (SSSR count). The van der Waals surface area contributed by atoms with E-state index in [-0.39, 0.29) is 17.9 Å². The van der Waals surface area contributed by atoms with Gasteiger partial charge in [-0.1, -0.05) is 6.92 Å². The van der Waals surface area contributed by atoms with Gasteiger partial charge in [0.1, 0.15) is 5.82 Å². The van der Waals surface area contributed by atoms with Crippen molar-refractivity contribution in [2.24, 2.45) is 5.92 Å². The van der Waals surface area contributed by atoms with Gasteiger partial charge < -0.3 is 10.0 Å². The summed E-state index contributed by atoms with van der Waals surface area (Å²) < 4.78 is 14.3. The maximum absolute atomic E-state index is 13.1. The number of piperidine rings is 1. The molecule has 25 heavy (non-hydrogen) atoms. The minimum absolute atomic E-state index is 0.153. The van der Waals surface area contributed by atoms with Crippen molar-refractivity contribution >= 4 is 0 Å². The Bertz CT molecular complexity index is 752. The minimum atomic E-state index is -0.651. The molecule has 1 aliphatic rings. The van der Waals surface area contributed by atoms with Crippen LogP contribution in [0.2, 0.25) is 0 Å². The topological polar surface area (TPSA) is 58.4 Å². The fraction of sp³-hybridized carbons (Fsp3) is 0.474. The predicted molar refractivity (Wildman–Crippen MR) is 94.7 cm³/mol. The van der Waals surface area contributed by atoms with Gasteiger partial charge in [-0.3, -0.25) is 4.79 Å². The second kappa shape index (κ2) is 7.89. The first-order chi connectivity index (χ1) is 12.0. The molecule has 0 unspecified atom stereocenters. The first-order valence-corrected chi connectivity index (χ1v) is 8.76. The molecule has 134 valence electrons. The number of aliphatic hydroxyl groups is 1. The van der Waals surface area contributed by atoms with Gasteiger partial charge in [-0.25, -0.2) is 9.07 Å². The van der Waals surface area contributed by atoms with Crippen molar-refractivity contribution in [2.45, 2.75) is 32.4 Å². The molecular weight excluding hydrogens is 321 g/mol. The predicted octanol–water partition coefficient (Wildman–Crippen LogP) is 2.14. The SMILES string of the molecule is CC1CCN(C[C@@H](O)Cn2nc(-c3ccc(F)cc3)ccc2=O)CC1. The number of hydrogen-bond donors (Lipinski definition) is 1. The molecule has 1 saturated heterocycles. The van der Waals surface area contributed by atoms with Crippen LogP contribution in [0.3, 0.4) is 0 Å². The van der Waals surface area contributed by atoms with Crippen molar-refractivity contribution in [3.05, 3.63) is 52.6 Å². The molecule has 1 atom stereocenters. The number of hydrogen-bond acceptors (Lipinski definition) is 4. The summed E-state index contributed by atoms with van der Waals surface area (Å²) in [6, 6.07) is 9.01. The summed E-state index contributed by atoms with van der Waals surface area (Å²) in [5.74, 6) is 0.424. The van der Waals surface area contributed by atoms with Gasteiger partial charge in [0.05, 0.1) is 18.3 Å². The van der Waals surface area contributed by atoms with Gasteiger partial charge in [0.2, 0.25) is 0 Å². The number of β-amino-alcohol motifs (C(OH)–C–C–N with tert-alkyl or cyclic N) is 1. The van der Waals surface area contributed by atoms with Crippen LogP contribution in [0, 0.1) is 11.7 Å². The lowest BCUT2D eigenvalue weighted by molar-refractivity contribution is 0.0767. The highest BCUT2D eigenvalue weighted by molar-refractivity contribution is 5.57. The molecule has 6 heteroatoms. The highest BCUT2D eigenvalue weighted by Gasteiger charge is 2.19. The highest BCUT2D eigenvalue weighted by Crippen LogP contribution is 2.17. The van der Waals surface area contributed by atoms with Crippen molar-refractivity contribution in [3.8, 4) is 11.3 Å². The molecule has 0 saturated carbocycles. The van der Waals surface area contributed by atoms with E-state index in [9.17, 15) is 14.3 Å². The average Bonchev–Trinajstić information content (AvgIpc) is 2.60. The summed E-state index contributed by atoms with van der Waals surface area (Å²) >= 11 is 0. The molecule has 1 aromatic carbocycles. The van der Waals surface area contributed by atoms with Crippen molar-refractivity contribution in [3.63, 3.8) is 0 Å². The fourth-order valence-electron chi connectivity index (χ4n) is 3.15. The zero-order valence-electron chi connectivity index (χ0n) is 14.4. The Hall–Kier alpha value is -2.05. The van der Waals surface area contributed by atoms with Gasteiger partial charge in [0, 0.05) is 18.2 Å². The maximum Gasteiger partial charge on any atom is 0.266 e. The van der Waals surface area contributed by atoms with E-state index >= 15 is 0 Å². The molecule has 1 N–H and O–H groups in total. The number of aromatic nitrogens is 2. The van der Waals surface area contributed by atoms with E-state index in [0.29, 0.717) is 12.2 Å². The Morgan fingerprint density at radius 1 is 1.16 bits per heavy atom. The number of benzene rings is 1. The largest absolute Gasteiger partial charge is 0.390 e.